The van der Waals surface area contributed by atoms with Gasteiger partial charge in [-0.05, 0) is 55.0 Å². The number of ether oxygens (including phenoxy) is 2. The van der Waals surface area contributed by atoms with Crippen molar-refractivity contribution in [1.82, 2.24) is 9.97 Å². The first-order valence-corrected chi connectivity index (χ1v) is 11.6. The van der Waals surface area contributed by atoms with Crippen molar-refractivity contribution in [2.75, 3.05) is 17.4 Å². The number of thioether (sulfide) groups is 1. The van der Waals surface area contributed by atoms with Crippen LogP contribution in [0.25, 0.3) is 10.9 Å². The molecular weight excluding hydrogens is 455 g/mol. The van der Waals surface area contributed by atoms with Crippen LogP contribution >= 0.6 is 11.8 Å². The molecule has 1 aliphatic heterocycles. The quantitative estimate of drug-likeness (QED) is 0.259. The van der Waals surface area contributed by atoms with E-state index in [4.69, 9.17) is 9.47 Å². The first-order chi connectivity index (χ1) is 16.6. The van der Waals surface area contributed by atoms with E-state index in [-0.39, 0.29) is 18.5 Å². The number of halogens is 1. The number of nitrogens with one attached hydrogen (secondary N) is 2. The van der Waals surface area contributed by atoms with Gasteiger partial charge < -0.3 is 20.1 Å². The molecule has 0 bridgehead atoms. The minimum atomic E-state index is -0.412. The monoisotopic (exact) mass is 476 g/mol. The van der Waals surface area contributed by atoms with Crippen LogP contribution in [0.1, 0.15) is 13.3 Å². The van der Waals surface area contributed by atoms with Crippen LogP contribution in [-0.2, 0) is 4.79 Å². The summed E-state index contributed by atoms with van der Waals surface area (Å²) in [5, 5.41) is 7.06. The molecule has 172 valence electrons. The number of aromatic nitrogens is 2. The van der Waals surface area contributed by atoms with Gasteiger partial charge in [-0.3, -0.25) is 4.79 Å². The second-order valence-corrected chi connectivity index (χ2v) is 8.75. The summed E-state index contributed by atoms with van der Waals surface area (Å²) >= 11 is 1.29. The van der Waals surface area contributed by atoms with Gasteiger partial charge in [0.2, 0.25) is 12.7 Å². The Bertz CT molecular complexity index is 1350. The molecule has 2 N–H and O–H groups in total. The third-order valence-electron chi connectivity index (χ3n) is 5.24. The summed E-state index contributed by atoms with van der Waals surface area (Å²) in [6.45, 7) is 2.11. The topological polar surface area (TPSA) is 85.4 Å². The molecule has 0 saturated heterocycles. The van der Waals surface area contributed by atoms with E-state index in [0.717, 1.165) is 10.9 Å². The predicted molar refractivity (Wildman–Crippen MR) is 130 cm³/mol. The highest BCUT2D eigenvalue weighted by molar-refractivity contribution is 8.00. The van der Waals surface area contributed by atoms with E-state index in [1.54, 1.807) is 30.3 Å². The molecule has 5 rings (SSSR count). The van der Waals surface area contributed by atoms with Crippen molar-refractivity contribution in [3.8, 4) is 11.5 Å². The lowest BCUT2D eigenvalue weighted by atomic mass is 10.2. The molecule has 1 atom stereocenters. The number of rotatable bonds is 7. The number of fused-ring (bicyclic) bond motifs is 2. The van der Waals surface area contributed by atoms with Crippen LogP contribution in [0.3, 0.4) is 0 Å². The van der Waals surface area contributed by atoms with Gasteiger partial charge in [0.05, 0.1) is 10.8 Å². The normalized spacial score (nSPS) is 13.0. The maximum Gasteiger partial charge on any atom is 0.237 e. The molecule has 0 radical (unpaired) electrons. The third kappa shape index (κ3) is 4.74. The van der Waals surface area contributed by atoms with Gasteiger partial charge in [0.25, 0.3) is 0 Å². The smallest absolute Gasteiger partial charge is 0.237 e. The lowest BCUT2D eigenvalue weighted by Gasteiger charge is -2.16. The van der Waals surface area contributed by atoms with Crippen LogP contribution < -0.4 is 20.1 Å². The molecule has 7 nitrogen and oxygen atoms in total. The molecule has 34 heavy (non-hydrogen) atoms. The highest BCUT2D eigenvalue weighted by Gasteiger charge is 2.22. The Balaban J connectivity index is 1.38. The minimum Gasteiger partial charge on any atom is -0.454 e. The van der Waals surface area contributed by atoms with Gasteiger partial charge in [0, 0.05) is 22.8 Å². The Morgan fingerprint density at radius 1 is 1.03 bits per heavy atom. The van der Waals surface area contributed by atoms with Crippen molar-refractivity contribution in [2.45, 2.75) is 23.8 Å². The second kappa shape index (κ2) is 9.56. The lowest BCUT2D eigenvalue weighted by Crippen LogP contribution is -2.24. The van der Waals surface area contributed by atoms with Gasteiger partial charge in [-0.25, -0.2) is 14.4 Å². The molecule has 0 saturated carbocycles. The van der Waals surface area contributed by atoms with E-state index in [1.165, 1.54) is 23.9 Å². The van der Waals surface area contributed by atoms with E-state index in [0.29, 0.717) is 40.3 Å². The van der Waals surface area contributed by atoms with Crippen LogP contribution in [0, 0.1) is 5.82 Å². The molecule has 9 heteroatoms. The number of amides is 1. The van der Waals surface area contributed by atoms with Crippen molar-refractivity contribution in [3.63, 3.8) is 0 Å². The van der Waals surface area contributed by atoms with Crippen LogP contribution in [0.4, 0.5) is 21.6 Å². The highest BCUT2D eigenvalue weighted by Crippen LogP contribution is 2.35. The molecule has 0 aliphatic carbocycles. The van der Waals surface area contributed by atoms with Crippen LogP contribution in [-0.4, -0.2) is 27.9 Å². The molecule has 0 fully saturated rings. The molecule has 2 heterocycles. The molecule has 3 aromatic carbocycles. The molecule has 4 aromatic rings. The summed E-state index contributed by atoms with van der Waals surface area (Å²) in [6, 6.07) is 19.0. The van der Waals surface area contributed by atoms with Crippen LogP contribution in [0.15, 0.2) is 71.9 Å². The molecule has 0 unspecified atom stereocenters. The number of para-hydroxylation sites is 1. The van der Waals surface area contributed by atoms with Gasteiger partial charge in [0.1, 0.15) is 11.6 Å². The summed E-state index contributed by atoms with van der Waals surface area (Å²) in [7, 11) is 0. The van der Waals surface area contributed by atoms with Crippen molar-refractivity contribution in [3.05, 3.63) is 72.5 Å². The number of benzene rings is 3. The van der Waals surface area contributed by atoms with Crippen molar-refractivity contribution in [1.29, 1.82) is 0 Å². The Hall–Kier alpha value is -3.85. The standard InChI is InChI=1S/C25H21FN4O3S/c1-2-22(24(31)28-17-11-12-20-21(13-17)33-14-32-20)34-25-29-19-6-4-3-5-18(19)23(30-25)27-16-9-7-15(26)8-10-16/h3-13,22H,2,14H2,1H3,(H,28,31)(H,27,29,30)/t22-/m1/s1. The summed E-state index contributed by atoms with van der Waals surface area (Å²) in [5.41, 5.74) is 2.08. The average molecular weight is 477 g/mol. The fourth-order valence-electron chi connectivity index (χ4n) is 3.52. The molecule has 0 spiro atoms. The Kier molecular flexibility index (Phi) is 6.18. The van der Waals surface area contributed by atoms with Gasteiger partial charge in [-0.1, -0.05) is 30.8 Å². The fraction of sp³-hybridized carbons (Fsp3) is 0.160. The largest absolute Gasteiger partial charge is 0.454 e. The first-order valence-electron chi connectivity index (χ1n) is 10.8. The summed E-state index contributed by atoms with van der Waals surface area (Å²) in [4.78, 5) is 22.3. The number of hydrogen-bond acceptors (Lipinski definition) is 7. The van der Waals surface area contributed by atoms with Gasteiger partial charge in [0.15, 0.2) is 16.7 Å². The Morgan fingerprint density at radius 3 is 2.62 bits per heavy atom. The average Bonchev–Trinajstić information content (AvgIpc) is 3.32. The van der Waals surface area contributed by atoms with Gasteiger partial charge >= 0.3 is 0 Å². The fourth-order valence-corrected chi connectivity index (χ4v) is 4.40. The number of hydrogen-bond donors (Lipinski definition) is 2. The summed E-state index contributed by atoms with van der Waals surface area (Å²) in [6.07, 6.45) is 0.581. The summed E-state index contributed by atoms with van der Waals surface area (Å²) in [5.74, 6) is 1.38. The maximum absolute atomic E-state index is 13.3. The SMILES string of the molecule is CC[C@@H](Sc1nc(Nc2ccc(F)cc2)c2ccccc2n1)C(=O)Nc1ccc2c(c1)OCO2. The zero-order valence-corrected chi connectivity index (χ0v) is 19.1. The minimum absolute atomic E-state index is 0.156. The summed E-state index contributed by atoms with van der Waals surface area (Å²) < 4.78 is 24.0. The van der Waals surface area contributed by atoms with E-state index in [1.807, 2.05) is 31.2 Å². The van der Waals surface area contributed by atoms with E-state index in [9.17, 15) is 9.18 Å². The van der Waals surface area contributed by atoms with E-state index in [2.05, 4.69) is 20.6 Å². The van der Waals surface area contributed by atoms with Crippen molar-refractivity contribution >= 4 is 45.8 Å². The Morgan fingerprint density at radius 2 is 1.79 bits per heavy atom. The van der Waals surface area contributed by atoms with E-state index >= 15 is 0 Å². The first kappa shape index (κ1) is 22.0. The Labute approximate surface area is 199 Å². The number of nitrogens with zero attached hydrogens (tertiary/aromatic N) is 2. The van der Waals surface area contributed by atoms with Crippen molar-refractivity contribution in [2.24, 2.45) is 0 Å². The van der Waals surface area contributed by atoms with Gasteiger partial charge in [-0.2, -0.15) is 0 Å². The molecular formula is C25H21FN4O3S. The van der Waals surface area contributed by atoms with Crippen LogP contribution in [0.2, 0.25) is 0 Å². The second-order valence-electron chi connectivity index (χ2n) is 7.58. The van der Waals surface area contributed by atoms with Crippen molar-refractivity contribution < 1.29 is 18.7 Å². The van der Waals surface area contributed by atoms with Gasteiger partial charge in [-0.15, -0.1) is 0 Å². The molecule has 1 aromatic heterocycles. The van der Waals surface area contributed by atoms with Crippen LogP contribution in [0.5, 0.6) is 11.5 Å². The molecule has 1 amide bonds. The zero-order valence-electron chi connectivity index (χ0n) is 18.2. The highest BCUT2D eigenvalue weighted by atomic mass is 32.2. The van der Waals surface area contributed by atoms with E-state index < -0.39 is 5.25 Å². The molecule has 1 aliphatic rings. The number of carbonyl (C=O) groups is 1. The zero-order chi connectivity index (χ0) is 23.5. The number of carbonyl (C=O) groups excluding carboxylic acids is 1. The maximum atomic E-state index is 13.3. The third-order valence-corrected chi connectivity index (χ3v) is 6.47. The lowest BCUT2D eigenvalue weighted by molar-refractivity contribution is -0.115. The number of anilines is 3. The predicted octanol–water partition coefficient (Wildman–Crippen LogP) is 5.75.